The molecular weight excluding hydrogens is 258 g/mol. The Morgan fingerprint density at radius 1 is 1.53 bits per heavy atom. The number of aromatic amines is 1. The van der Waals surface area contributed by atoms with Crippen LogP contribution in [0.25, 0.3) is 11.2 Å². The molecule has 2 aromatic rings. The van der Waals surface area contributed by atoms with Crippen LogP contribution < -0.4 is 0 Å². The third-order valence-electron chi connectivity index (χ3n) is 2.04. The van der Waals surface area contributed by atoms with E-state index in [4.69, 9.17) is 4.74 Å². The molecule has 2 rings (SSSR count). The normalized spacial score (nSPS) is 11.1. The van der Waals surface area contributed by atoms with Gasteiger partial charge in [-0.1, -0.05) is 0 Å². The first-order chi connectivity index (χ1) is 7.29. The Balaban J connectivity index is 2.16. The van der Waals surface area contributed by atoms with Gasteiger partial charge in [-0.3, -0.25) is 0 Å². The van der Waals surface area contributed by atoms with Crippen LogP contribution in [0.2, 0.25) is 0 Å². The molecule has 0 saturated carbocycles. The molecule has 4 nitrogen and oxygen atoms in total. The van der Waals surface area contributed by atoms with E-state index in [0.717, 1.165) is 34.5 Å². The van der Waals surface area contributed by atoms with Crippen molar-refractivity contribution in [3.8, 4) is 0 Å². The second-order valence-electron chi connectivity index (χ2n) is 3.16. The summed E-state index contributed by atoms with van der Waals surface area (Å²) in [6.45, 7) is 3.42. The van der Waals surface area contributed by atoms with Crippen LogP contribution in [0.4, 0.5) is 0 Å². The molecule has 0 aliphatic carbocycles. The van der Waals surface area contributed by atoms with Crippen molar-refractivity contribution in [3.63, 3.8) is 0 Å². The molecule has 1 N–H and O–H groups in total. The third kappa shape index (κ3) is 2.54. The zero-order valence-electron chi connectivity index (χ0n) is 8.46. The molecule has 5 heteroatoms. The van der Waals surface area contributed by atoms with Crippen LogP contribution in [-0.2, 0) is 11.2 Å². The van der Waals surface area contributed by atoms with Crippen LogP contribution in [0.15, 0.2) is 16.7 Å². The molecule has 15 heavy (non-hydrogen) atoms. The van der Waals surface area contributed by atoms with Crippen molar-refractivity contribution >= 4 is 27.1 Å². The van der Waals surface area contributed by atoms with Gasteiger partial charge in [-0.2, -0.15) is 0 Å². The minimum absolute atomic E-state index is 0.692. The molecule has 0 radical (unpaired) electrons. The van der Waals surface area contributed by atoms with Gasteiger partial charge >= 0.3 is 0 Å². The maximum Gasteiger partial charge on any atom is 0.177 e. The van der Waals surface area contributed by atoms with Crippen molar-refractivity contribution in [1.29, 1.82) is 0 Å². The van der Waals surface area contributed by atoms with E-state index < -0.39 is 0 Å². The van der Waals surface area contributed by atoms with E-state index in [0.29, 0.717) is 6.61 Å². The number of H-pyrrole nitrogens is 1. The van der Waals surface area contributed by atoms with E-state index in [2.05, 4.69) is 30.9 Å². The molecule has 2 heterocycles. The summed E-state index contributed by atoms with van der Waals surface area (Å²) < 4.78 is 6.22. The molecule has 0 atom stereocenters. The number of ether oxygens (including phenoxy) is 1. The van der Waals surface area contributed by atoms with Gasteiger partial charge in [0.15, 0.2) is 5.65 Å². The number of nitrogens with zero attached hydrogens (tertiary/aromatic N) is 2. The predicted octanol–water partition coefficient (Wildman–Crippen LogP) is 2.30. The Labute approximate surface area is 96.2 Å². The lowest BCUT2D eigenvalue weighted by Gasteiger charge is -1.96. The lowest BCUT2D eigenvalue weighted by molar-refractivity contribution is 0.149. The number of rotatable bonds is 4. The number of pyridine rings is 1. The molecule has 0 spiro atoms. The van der Waals surface area contributed by atoms with Gasteiger partial charge in [0.1, 0.15) is 5.82 Å². The summed E-state index contributed by atoms with van der Waals surface area (Å²) in [5, 5.41) is 0. The van der Waals surface area contributed by atoms with E-state index in [1.165, 1.54) is 0 Å². The van der Waals surface area contributed by atoms with Crippen molar-refractivity contribution in [3.05, 3.63) is 22.6 Å². The lowest BCUT2D eigenvalue weighted by atomic mass is 10.4. The second kappa shape index (κ2) is 4.72. The van der Waals surface area contributed by atoms with Gasteiger partial charge in [0.2, 0.25) is 0 Å². The van der Waals surface area contributed by atoms with Crippen LogP contribution in [0.5, 0.6) is 0 Å². The van der Waals surface area contributed by atoms with Crippen molar-refractivity contribution in [2.75, 3.05) is 13.2 Å². The second-order valence-corrected chi connectivity index (χ2v) is 4.07. The van der Waals surface area contributed by atoms with Gasteiger partial charge in [0.05, 0.1) is 12.1 Å². The fourth-order valence-electron chi connectivity index (χ4n) is 1.36. The van der Waals surface area contributed by atoms with Gasteiger partial charge in [-0.25, -0.2) is 9.97 Å². The van der Waals surface area contributed by atoms with Crippen LogP contribution in [0.3, 0.4) is 0 Å². The number of halogens is 1. The van der Waals surface area contributed by atoms with Crippen molar-refractivity contribution < 1.29 is 4.74 Å². The molecule has 0 unspecified atom stereocenters. The Hall–Kier alpha value is -0.940. The molecule has 0 saturated heterocycles. The maximum atomic E-state index is 5.27. The van der Waals surface area contributed by atoms with Gasteiger partial charge in [0, 0.05) is 23.7 Å². The van der Waals surface area contributed by atoms with Gasteiger partial charge in [-0.05, 0) is 28.9 Å². The number of hydrogen-bond donors (Lipinski definition) is 1. The molecule has 0 fully saturated rings. The van der Waals surface area contributed by atoms with Crippen LogP contribution in [-0.4, -0.2) is 28.2 Å². The number of hydrogen-bond acceptors (Lipinski definition) is 3. The van der Waals surface area contributed by atoms with Crippen molar-refractivity contribution in [2.45, 2.75) is 13.3 Å². The number of nitrogens with one attached hydrogen (secondary N) is 1. The minimum Gasteiger partial charge on any atom is -0.381 e. The first-order valence-electron chi connectivity index (χ1n) is 4.87. The summed E-state index contributed by atoms with van der Waals surface area (Å²) >= 11 is 3.37. The lowest BCUT2D eigenvalue weighted by Crippen LogP contribution is -1.99. The molecule has 0 aromatic carbocycles. The predicted molar refractivity (Wildman–Crippen MR) is 61.8 cm³/mol. The van der Waals surface area contributed by atoms with Crippen LogP contribution >= 0.6 is 15.9 Å². The number of imidazole rings is 1. The highest BCUT2D eigenvalue weighted by atomic mass is 79.9. The summed E-state index contributed by atoms with van der Waals surface area (Å²) in [7, 11) is 0. The average Bonchev–Trinajstić information content (AvgIpc) is 2.60. The van der Waals surface area contributed by atoms with Gasteiger partial charge in [0.25, 0.3) is 0 Å². The third-order valence-corrected chi connectivity index (χ3v) is 2.47. The zero-order valence-corrected chi connectivity index (χ0v) is 10.0. The summed E-state index contributed by atoms with van der Waals surface area (Å²) in [6.07, 6.45) is 2.54. The fourth-order valence-corrected chi connectivity index (χ4v) is 1.69. The minimum atomic E-state index is 0.692. The van der Waals surface area contributed by atoms with E-state index in [1.54, 1.807) is 6.20 Å². The van der Waals surface area contributed by atoms with Crippen molar-refractivity contribution in [2.24, 2.45) is 0 Å². The molecule has 80 valence electrons. The summed E-state index contributed by atoms with van der Waals surface area (Å²) in [4.78, 5) is 11.8. The van der Waals surface area contributed by atoms with Crippen LogP contribution in [0, 0.1) is 0 Å². The molecule has 0 aliphatic rings. The summed E-state index contributed by atoms with van der Waals surface area (Å²) in [6, 6.07) is 1.97. The SMILES string of the molecule is CCOCCc1nc2ncc(Br)cc2[nH]1. The first kappa shape index (κ1) is 10.6. The van der Waals surface area contributed by atoms with E-state index in [9.17, 15) is 0 Å². The Kier molecular flexibility index (Phi) is 3.33. The smallest absolute Gasteiger partial charge is 0.177 e. The molecule has 2 aromatic heterocycles. The number of fused-ring (bicyclic) bond motifs is 1. The van der Waals surface area contributed by atoms with E-state index >= 15 is 0 Å². The fraction of sp³-hybridized carbons (Fsp3) is 0.400. The highest BCUT2D eigenvalue weighted by molar-refractivity contribution is 9.10. The zero-order chi connectivity index (χ0) is 10.7. The number of aromatic nitrogens is 3. The standard InChI is InChI=1S/C10H12BrN3O/c1-2-15-4-3-9-13-8-5-7(11)6-12-10(8)14-9/h5-6H,2-4H2,1H3,(H,12,13,14). The topological polar surface area (TPSA) is 50.8 Å². The Morgan fingerprint density at radius 3 is 3.20 bits per heavy atom. The Bertz CT molecular complexity index is 455. The van der Waals surface area contributed by atoms with E-state index in [-0.39, 0.29) is 0 Å². The highest BCUT2D eigenvalue weighted by Gasteiger charge is 2.03. The summed E-state index contributed by atoms with van der Waals surface area (Å²) in [5.74, 6) is 0.920. The Morgan fingerprint density at radius 2 is 2.40 bits per heavy atom. The quantitative estimate of drug-likeness (QED) is 0.867. The van der Waals surface area contributed by atoms with Gasteiger partial charge in [-0.15, -0.1) is 0 Å². The monoisotopic (exact) mass is 269 g/mol. The molecule has 0 amide bonds. The molecular formula is C10H12BrN3O. The van der Waals surface area contributed by atoms with Gasteiger partial charge < -0.3 is 9.72 Å². The van der Waals surface area contributed by atoms with E-state index in [1.807, 2.05) is 13.0 Å². The maximum absolute atomic E-state index is 5.27. The average molecular weight is 270 g/mol. The first-order valence-corrected chi connectivity index (χ1v) is 5.67. The molecule has 0 aliphatic heterocycles. The van der Waals surface area contributed by atoms with Crippen LogP contribution in [0.1, 0.15) is 12.7 Å². The molecule has 0 bridgehead atoms. The summed E-state index contributed by atoms with van der Waals surface area (Å²) in [5.41, 5.74) is 1.71. The highest BCUT2D eigenvalue weighted by Crippen LogP contribution is 2.15. The largest absolute Gasteiger partial charge is 0.381 e. The van der Waals surface area contributed by atoms with Crippen molar-refractivity contribution in [1.82, 2.24) is 15.0 Å².